The number of nitrogens with zero attached hydrogens (tertiary/aromatic N) is 1. The van der Waals surface area contributed by atoms with Crippen molar-refractivity contribution in [2.75, 3.05) is 24.2 Å². The standard InChI is InChI=1S/C11H22BrNO2S/c1-10(2)16(14,15)8-7-13-6-4-3-5-11(13)9-12/h10-11H,3-9H2,1-2H3. The normalized spacial score (nSPS) is 23.9. The van der Waals surface area contributed by atoms with E-state index in [0.717, 1.165) is 11.9 Å². The third-order valence-electron chi connectivity index (χ3n) is 3.31. The second-order valence-electron chi connectivity index (χ2n) is 4.76. The molecule has 1 aliphatic heterocycles. The summed E-state index contributed by atoms with van der Waals surface area (Å²) in [6, 6.07) is 0.524. The molecular weight excluding hydrogens is 290 g/mol. The molecule has 3 nitrogen and oxygen atoms in total. The van der Waals surface area contributed by atoms with E-state index in [1.165, 1.54) is 19.3 Å². The van der Waals surface area contributed by atoms with Gasteiger partial charge in [0.15, 0.2) is 9.84 Å². The molecule has 1 saturated heterocycles. The molecule has 0 amide bonds. The Hall–Kier alpha value is 0.390. The number of likely N-dealkylation sites (tertiary alicyclic amines) is 1. The molecule has 1 aliphatic rings. The highest BCUT2D eigenvalue weighted by Gasteiger charge is 2.24. The maximum absolute atomic E-state index is 11.7. The minimum atomic E-state index is -2.89. The average molecular weight is 312 g/mol. The van der Waals surface area contributed by atoms with Gasteiger partial charge in [-0.2, -0.15) is 0 Å². The maximum Gasteiger partial charge on any atom is 0.153 e. The Morgan fingerprint density at radius 2 is 2.06 bits per heavy atom. The van der Waals surface area contributed by atoms with Gasteiger partial charge in [-0.3, -0.25) is 4.90 Å². The molecule has 0 aromatic carbocycles. The predicted octanol–water partition coefficient (Wildman–Crippen LogP) is 2.06. The van der Waals surface area contributed by atoms with Gasteiger partial charge in [0.25, 0.3) is 0 Å². The van der Waals surface area contributed by atoms with Crippen LogP contribution in [-0.2, 0) is 9.84 Å². The van der Waals surface area contributed by atoms with E-state index in [4.69, 9.17) is 0 Å². The van der Waals surface area contributed by atoms with Gasteiger partial charge in [0, 0.05) is 17.9 Å². The first-order valence-corrected chi connectivity index (χ1v) is 8.82. The van der Waals surface area contributed by atoms with Crippen molar-refractivity contribution >= 4 is 25.8 Å². The molecule has 0 saturated carbocycles. The van der Waals surface area contributed by atoms with Crippen molar-refractivity contribution in [2.45, 2.75) is 44.4 Å². The zero-order chi connectivity index (χ0) is 12.2. The van der Waals surface area contributed by atoms with Crippen LogP contribution in [0.5, 0.6) is 0 Å². The van der Waals surface area contributed by atoms with Gasteiger partial charge >= 0.3 is 0 Å². The van der Waals surface area contributed by atoms with Crippen molar-refractivity contribution in [3.05, 3.63) is 0 Å². The summed E-state index contributed by atoms with van der Waals surface area (Å²) in [5.74, 6) is 0.300. The lowest BCUT2D eigenvalue weighted by atomic mass is 10.0. The molecule has 0 bridgehead atoms. The van der Waals surface area contributed by atoms with E-state index in [1.54, 1.807) is 13.8 Å². The maximum atomic E-state index is 11.7. The topological polar surface area (TPSA) is 37.4 Å². The molecule has 1 heterocycles. The quantitative estimate of drug-likeness (QED) is 0.729. The molecule has 0 radical (unpaired) electrons. The van der Waals surface area contributed by atoms with E-state index in [2.05, 4.69) is 20.8 Å². The van der Waals surface area contributed by atoms with Crippen molar-refractivity contribution in [1.82, 2.24) is 4.90 Å². The van der Waals surface area contributed by atoms with Gasteiger partial charge in [-0.1, -0.05) is 22.4 Å². The number of sulfone groups is 1. The molecule has 1 fully saturated rings. The number of halogens is 1. The smallest absolute Gasteiger partial charge is 0.153 e. The number of alkyl halides is 1. The number of piperidine rings is 1. The summed E-state index contributed by atoms with van der Waals surface area (Å²) in [5, 5.41) is 0.703. The fraction of sp³-hybridized carbons (Fsp3) is 1.00. The van der Waals surface area contributed by atoms with E-state index < -0.39 is 9.84 Å². The Morgan fingerprint density at radius 3 is 2.62 bits per heavy atom. The molecule has 5 heteroatoms. The van der Waals surface area contributed by atoms with Crippen molar-refractivity contribution in [3.63, 3.8) is 0 Å². The van der Waals surface area contributed by atoms with Gasteiger partial charge in [-0.05, 0) is 33.2 Å². The molecule has 16 heavy (non-hydrogen) atoms. The summed E-state index contributed by atoms with van der Waals surface area (Å²) >= 11 is 3.51. The summed E-state index contributed by atoms with van der Waals surface area (Å²) < 4.78 is 23.5. The van der Waals surface area contributed by atoms with E-state index in [1.807, 2.05) is 0 Å². The lowest BCUT2D eigenvalue weighted by molar-refractivity contribution is 0.174. The van der Waals surface area contributed by atoms with E-state index in [9.17, 15) is 8.42 Å². The Morgan fingerprint density at radius 1 is 1.38 bits per heavy atom. The highest BCUT2D eigenvalue weighted by molar-refractivity contribution is 9.09. The summed E-state index contributed by atoms with van der Waals surface area (Å²) in [6.45, 7) is 5.25. The summed E-state index contributed by atoms with van der Waals surface area (Å²) in [5.41, 5.74) is 0. The Labute approximate surface area is 108 Å². The molecule has 96 valence electrons. The molecule has 1 unspecified atom stereocenters. The summed E-state index contributed by atoms with van der Waals surface area (Å²) in [7, 11) is -2.89. The molecule has 1 rings (SSSR count). The van der Waals surface area contributed by atoms with Crippen molar-refractivity contribution in [3.8, 4) is 0 Å². The van der Waals surface area contributed by atoms with Gasteiger partial charge in [0.2, 0.25) is 0 Å². The third-order valence-corrected chi connectivity index (χ3v) is 6.24. The number of rotatable bonds is 5. The average Bonchev–Trinajstić information content (AvgIpc) is 2.26. The van der Waals surface area contributed by atoms with E-state index >= 15 is 0 Å². The van der Waals surface area contributed by atoms with Crippen LogP contribution >= 0.6 is 15.9 Å². The second kappa shape index (κ2) is 6.36. The van der Waals surface area contributed by atoms with E-state index in [-0.39, 0.29) is 5.25 Å². The molecule has 0 aromatic rings. The molecule has 0 N–H and O–H groups in total. The SMILES string of the molecule is CC(C)S(=O)(=O)CCN1CCCCC1CBr. The van der Waals surface area contributed by atoms with Gasteiger partial charge in [-0.15, -0.1) is 0 Å². The summed E-state index contributed by atoms with van der Waals surface area (Å²) in [4.78, 5) is 2.32. The van der Waals surface area contributed by atoms with Crippen LogP contribution in [-0.4, -0.2) is 48.8 Å². The van der Waals surface area contributed by atoms with Gasteiger partial charge in [-0.25, -0.2) is 8.42 Å². The molecule has 0 spiro atoms. The first kappa shape index (κ1) is 14.5. The van der Waals surface area contributed by atoms with Gasteiger partial charge in [0.1, 0.15) is 0 Å². The molecule has 1 atom stereocenters. The minimum Gasteiger partial charge on any atom is -0.299 e. The fourth-order valence-electron chi connectivity index (χ4n) is 2.01. The first-order chi connectivity index (χ1) is 7.47. The highest BCUT2D eigenvalue weighted by atomic mass is 79.9. The Balaban J connectivity index is 2.47. The van der Waals surface area contributed by atoms with Gasteiger partial charge < -0.3 is 0 Å². The fourth-order valence-corrected chi connectivity index (χ4v) is 3.70. The largest absolute Gasteiger partial charge is 0.299 e. The van der Waals surface area contributed by atoms with Crippen LogP contribution in [0.3, 0.4) is 0 Å². The highest BCUT2D eigenvalue weighted by Crippen LogP contribution is 2.18. The van der Waals surface area contributed by atoms with Crippen molar-refractivity contribution in [1.29, 1.82) is 0 Å². The van der Waals surface area contributed by atoms with Crippen molar-refractivity contribution < 1.29 is 8.42 Å². The van der Waals surface area contributed by atoms with Crippen LogP contribution in [0.4, 0.5) is 0 Å². The van der Waals surface area contributed by atoms with Crippen LogP contribution in [0.25, 0.3) is 0 Å². The third kappa shape index (κ3) is 4.00. The second-order valence-corrected chi connectivity index (χ2v) is 8.08. The molecule has 0 aromatic heterocycles. The van der Waals surface area contributed by atoms with Crippen molar-refractivity contribution in [2.24, 2.45) is 0 Å². The monoisotopic (exact) mass is 311 g/mol. The predicted molar refractivity (Wildman–Crippen MR) is 71.9 cm³/mol. The van der Waals surface area contributed by atoms with E-state index in [0.29, 0.717) is 18.3 Å². The Kier molecular flexibility index (Phi) is 5.74. The van der Waals surface area contributed by atoms with Crippen LogP contribution in [0, 0.1) is 0 Å². The zero-order valence-electron chi connectivity index (χ0n) is 10.2. The Bertz CT molecular complexity index is 303. The van der Waals surface area contributed by atoms with Crippen LogP contribution < -0.4 is 0 Å². The van der Waals surface area contributed by atoms with Gasteiger partial charge in [0.05, 0.1) is 11.0 Å². The lowest BCUT2D eigenvalue weighted by Gasteiger charge is -2.34. The first-order valence-electron chi connectivity index (χ1n) is 5.99. The number of hydrogen-bond donors (Lipinski definition) is 0. The van der Waals surface area contributed by atoms with Crippen LogP contribution in [0.1, 0.15) is 33.1 Å². The zero-order valence-corrected chi connectivity index (χ0v) is 12.6. The summed E-state index contributed by atoms with van der Waals surface area (Å²) in [6.07, 6.45) is 3.65. The minimum absolute atomic E-state index is 0.250. The van der Waals surface area contributed by atoms with Crippen LogP contribution in [0.15, 0.2) is 0 Å². The molecule has 0 aliphatic carbocycles. The lowest BCUT2D eigenvalue weighted by Crippen LogP contribution is -2.43. The van der Waals surface area contributed by atoms with Crippen LogP contribution in [0.2, 0.25) is 0 Å². The molecular formula is C11H22BrNO2S. The number of hydrogen-bond acceptors (Lipinski definition) is 3.